The predicted octanol–water partition coefficient (Wildman–Crippen LogP) is 1.36. The summed E-state index contributed by atoms with van der Waals surface area (Å²) in [6.45, 7) is 4.63. The molecule has 4 nitrogen and oxygen atoms in total. The lowest BCUT2D eigenvalue weighted by Crippen LogP contribution is -2.02. The van der Waals surface area contributed by atoms with Gasteiger partial charge < -0.3 is 5.11 Å². The summed E-state index contributed by atoms with van der Waals surface area (Å²) in [6, 6.07) is 0. The number of aromatic nitrogens is 2. The Labute approximate surface area is 77.2 Å². The van der Waals surface area contributed by atoms with Crippen LogP contribution in [0.2, 0.25) is 0 Å². The van der Waals surface area contributed by atoms with Gasteiger partial charge in [-0.15, -0.1) is 0 Å². The number of aryl methyl sites for hydroxylation is 3. The summed E-state index contributed by atoms with van der Waals surface area (Å²) in [6.07, 6.45) is 2.78. The third-order valence-electron chi connectivity index (χ3n) is 1.97. The molecule has 0 saturated heterocycles. The molecule has 0 amide bonds. The van der Waals surface area contributed by atoms with Crippen LogP contribution >= 0.6 is 0 Å². The van der Waals surface area contributed by atoms with E-state index in [0.29, 0.717) is 13.0 Å². The topological polar surface area (TPSA) is 55.1 Å². The van der Waals surface area contributed by atoms with Gasteiger partial charge in [-0.3, -0.25) is 9.48 Å². The third-order valence-corrected chi connectivity index (χ3v) is 1.97. The minimum Gasteiger partial charge on any atom is -0.481 e. The summed E-state index contributed by atoms with van der Waals surface area (Å²) in [5.41, 5.74) is 2.16. The maximum atomic E-state index is 10.2. The smallest absolute Gasteiger partial charge is 0.303 e. The molecule has 0 saturated carbocycles. The predicted molar refractivity (Wildman–Crippen MR) is 48.6 cm³/mol. The van der Waals surface area contributed by atoms with Crippen molar-refractivity contribution in [3.63, 3.8) is 0 Å². The molecule has 1 rings (SSSR count). The first-order valence-electron chi connectivity index (χ1n) is 4.32. The Balaban J connectivity index is 2.41. The minimum absolute atomic E-state index is 0.206. The fraction of sp³-hybridized carbons (Fsp3) is 0.556. The average molecular weight is 182 g/mol. The fourth-order valence-corrected chi connectivity index (χ4v) is 1.12. The average Bonchev–Trinajstić information content (AvgIpc) is 2.30. The van der Waals surface area contributed by atoms with E-state index < -0.39 is 5.97 Å². The second kappa shape index (κ2) is 4.07. The van der Waals surface area contributed by atoms with Crippen molar-refractivity contribution in [2.24, 2.45) is 0 Å². The van der Waals surface area contributed by atoms with Crippen molar-refractivity contribution in [2.45, 2.75) is 33.2 Å². The monoisotopic (exact) mass is 182 g/mol. The molecule has 4 heteroatoms. The zero-order valence-electron chi connectivity index (χ0n) is 7.95. The molecule has 0 bridgehead atoms. The van der Waals surface area contributed by atoms with Crippen LogP contribution in [0.25, 0.3) is 0 Å². The van der Waals surface area contributed by atoms with Gasteiger partial charge >= 0.3 is 5.97 Å². The van der Waals surface area contributed by atoms with E-state index in [4.69, 9.17) is 5.11 Å². The van der Waals surface area contributed by atoms with E-state index in [0.717, 1.165) is 11.3 Å². The zero-order chi connectivity index (χ0) is 9.84. The van der Waals surface area contributed by atoms with Gasteiger partial charge in [0.25, 0.3) is 0 Å². The van der Waals surface area contributed by atoms with Crippen LogP contribution in [-0.2, 0) is 11.3 Å². The summed E-state index contributed by atoms with van der Waals surface area (Å²) in [5, 5.41) is 12.7. The fourth-order valence-electron chi connectivity index (χ4n) is 1.12. The summed E-state index contributed by atoms with van der Waals surface area (Å²) < 4.78 is 1.80. The number of nitrogens with zero attached hydrogens (tertiary/aromatic N) is 2. The van der Waals surface area contributed by atoms with Crippen molar-refractivity contribution >= 4 is 5.97 Å². The Hall–Kier alpha value is -1.32. The lowest BCUT2D eigenvalue weighted by molar-refractivity contribution is -0.137. The van der Waals surface area contributed by atoms with Crippen LogP contribution in [0.4, 0.5) is 0 Å². The van der Waals surface area contributed by atoms with Crippen LogP contribution < -0.4 is 0 Å². The lowest BCUT2D eigenvalue weighted by atomic mass is 10.3. The molecule has 0 fully saturated rings. The highest BCUT2D eigenvalue weighted by Gasteiger charge is 2.01. The van der Waals surface area contributed by atoms with Gasteiger partial charge in [0, 0.05) is 19.2 Å². The van der Waals surface area contributed by atoms with Gasteiger partial charge in [0.15, 0.2) is 0 Å². The van der Waals surface area contributed by atoms with E-state index >= 15 is 0 Å². The number of aliphatic carboxylic acids is 1. The number of carboxylic acid groups (broad SMARTS) is 1. The van der Waals surface area contributed by atoms with E-state index in [-0.39, 0.29) is 6.42 Å². The van der Waals surface area contributed by atoms with Gasteiger partial charge in [-0.05, 0) is 25.8 Å². The Morgan fingerprint density at radius 1 is 1.62 bits per heavy atom. The summed E-state index contributed by atoms with van der Waals surface area (Å²) in [5.74, 6) is -0.749. The lowest BCUT2D eigenvalue weighted by Gasteiger charge is -1.97. The summed E-state index contributed by atoms with van der Waals surface area (Å²) in [7, 11) is 0. The van der Waals surface area contributed by atoms with E-state index in [9.17, 15) is 4.79 Å². The first-order chi connectivity index (χ1) is 6.09. The number of hydrogen-bond acceptors (Lipinski definition) is 2. The molecule has 0 spiro atoms. The molecule has 1 heterocycles. The van der Waals surface area contributed by atoms with E-state index in [1.165, 1.54) is 0 Å². The quantitative estimate of drug-likeness (QED) is 0.765. The first-order valence-corrected chi connectivity index (χ1v) is 4.32. The second-order valence-electron chi connectivity index (χ2n) is 3.16. The van der Waals surface area contributed by atoms with Crippen LogP contribution in [0.3, 0.4) is 0 Å². The van der Waals surface area contributed by atoms with Crippen LogP contribution in [0.15, 0.2) is 6.20 Å². The van der Waals surface area contributed by atoms with Gasteiger partial charge in [0.05, 0.1) is 5.69 Å². The van der Waals surface area contributed by atoms with Crippen molar-refractivity contribution in [3.05, 3.63) is 17.5 Å². The molecule has 0 unspecified atom stereocenters. The number of hydrogen-bond donors (Lipinski definition) is 1. The molecule has 1 N–H and O–H groups in total. The Morgan fingerprint density at radius 2 is 2.31 bits per heavy atom. The van der Waals surface area contributed by atoms with Crippen molar-refractivity contribution in [1.29, 1.82) is 0 Å². The van der Waals surface area contributed by atoms with Gasteiger partial charge in [-0.25, -0.2) is 0 Å². The highest BCUT2D eigenvalue weighted by atomic mass is 16.4. The molecule has 0 atom stereocenters. The minimum atomic E-state index is -0.749. The summed E-state index contributed by atoms with van der Waals surface area (Å²) >= 11 is 0. The van der Waals surface area contributed by atoms with Crippen LogP contribution in [0.1, 0.15) is 24.1 Å². The Bertz CT molecular complexity index is 285. The zero-order valence-corrected chi connectivity index (χ0v) is 7.95. The molecule has 0 radical (unpaired) electrons. The molecule has 13 heavy (non-hydrogen) atoms. The highest BCUT2D eigenvalue weighted by Crippen LogP contribution is 2.04. The molecular weight excluding hydrogens is 168 g/mol. The van der Waals surface area contributed by atoms with Crippen molar-refractivity contribution in [3.8, 4) is 0 Å². The molecule has 1 aromatic rings. The number of rotatable bonds is 4. The molecule has 1 aromatic heterocycles. The largest absolute Gasteiger partial charge is 0.481 e. The van der Waals surface area contributed by atoms with E-state index in [2.05, 4.69) is 5.10 Å². The Kier molecular flexibility index (Phi) is 3.06. The van der Waals surface area contributed by atoms with Crippen molar-refractivity contribution in [2.75, 3.05) is 0 Å². The van der Waals surface area contributed by atoms with Crippen molar-refractivity contribution < 1.29 is 9.90 Å². The maximum absolute atomic E-state index is 10.2. The van der Waals surface area contributed by atoms with Crippen molar-refractivity contribution in [1.82, 2.24) is 9.78 Å². The number of carboxylic acids is 1. The SMILES string of the molecule is Cc1cn(CCCC(=O)O)nc1C. The number of carbonyl (C=O) groups is 1. The van der Waals surface area contributed by atoms with Gasteiger partial charge in [0.2, 0.25) is 0 Å². The second-order valence-corrected chi connectivity index (χ2v) is 3.16. The van der Waals surface area contributed by atoms with Crippen LogP contribution in [0, 0.1) is 13.8 Å². The first kappa shape index (κ1) is 9.77. The molecule has 0 aromatic carbocycles. The van der Waals surface area contributed by atoms with Gasteiger partial charge in [-0.1, -0.05) is 0 Å². The van der Waals surface area contributed by atoms with Crippen LogP contribution in [-0.4, -0.2) is 20.9 Å². The summed E-state index contributed by atoms with van der Waals surface area (Å²) in [4.78, 5) is 10.2. The van der Waals surface area contributed by atoms with Crippen LogP contribution in [0.5, 0.6) is 0 Å². The van der Waals surface area contributed by atoms with Gasteiger partial charge in [0.1, 0.15) is 0 Å². The van der Waals surface area contributed by atoms with E-state index in [1.54, 1.807) is 4.68 Å². The van der Waals surface area contributed by atoms with E-state index in [1.807, 2.05) is 20.0 Å². The molecular formula is C9H14N2O2. The maximum Gasteiger partial charge on any atom is 0.303 e. The standard InChI is InChI=1S/C9H14N2O2/c1-7-6-11(10-8(7)2)5-3-4-9(12)13/h6H,3-5H2,1-2H3,(H,12,13). The molecule has 72 valence electrons. The third kappa shape index (κ3) is 2.89. The molecule has 0 aliphatic rings. The normalized spacial score (nSPS) is 10.3. The highest BCUT2D eigenvalue weighted by molar-refractivity contribution is 5.66. The Morgan fingerprint density at radius 3 is 2.77 bits per heavy atom. The molecule has 0 aliphatic heterocycles. The molecule has 0 aliphatic carbocycles. The van der Waals surface area contributed by atoms with Gasteiger partial charge in [-0.2, -0.15) is 5.10 Å².